The van der Waals surface area contributed by atoms with Gasteiger partial charge in [-0.2, -0.15) is 5.10 Å². The van der Waals surface area contributed by atoms with Crippen molar-refractivity contribution in [3.8, 4) is 22.9 Å². The van der Waals surface area contributed by atoms with E-state index in [4.69, 9.17) is 14.8 Å². The summed E-state index contributed by atoms with van der Waals surface area (Å²) in [6.45, 7) is 7.84. The number of benzene rings is 3. The number of aromatic nitrogens is 4. The molecule has 51 heavy (non-hydrogen) atoms. The third kappa shape index (κ3) is 7.56. The van der Waals surface area contributed by atoms with Crippen LogP contribution in [-0.4, -0.2) is 52.6 Å². The van der Waals surface area contributed by atoms with Crippen molar-refractivity contribution in [2.45, 2.75) is 65.2 Å². The highest BCUT2D eigenvalue weighted by Gasteiger charge is 2.36. The number of halogens is 2. The number of nitrogens with zero attached hydrogens (tertiary/aromatic N) is 3. The van der Waals surface area contributed by atoms with Gasteiger partial charge in [-0.25, -0.2) is 26.9 Å². The number of nitrogens with one attached hydrogen (secondary N) is 2. The third-order valence-electron chi connectivity index (χ3n) is 10.1. The van der Waals surface area contributed by atoms with Gasteiger partial charge in [0.05, 0.1) is 22.5 Å². The number of amides is 1. The molecule has 6 rings (SSSR count). The van der Waals surface area contributed by atoms with Gasteiger partial charge in [-0.05, 0) is 73.4 Å². The van der Waals surface area contributed by atoms with Gasteiger partial charge in [-0.15, -0.1) is 0 Å². The van der Waals surface area contributed by atoms with Crippen LogP contribution in [-0.2, 0) is 39.9 Å². The zero-order chi connectivity index (χ0) is 36.7. The summed E-state index contributed by atoms with van der Waals surface area (Å²) in [4.78, 5) is 20.3. The summed E-state index contributed by atoms with van der Waals surface area (Å²) in [5.74, 6) is -0.934. The fourth-order valence-corrected chi connectivity index (χ4v) is 9.32. The first-order chi connectivity index (χ1) is 24.1. The summed E-state index contributed by atoms with van der Waals surface area (Å²) < 4.78 is 66.3. The van der Waals surface area contributed by atoms with E-state index in [-0.39, 0.29) is 52.6 Å². The molecule has 0 aliphatic carbocycles. The lowest BCUT2D eigenvalue weighted by Crippen LogP contribution is -2.29. The largest absolute Gasteiger partial charge is 0.454 e. The lowest BCUT2D eigenvalue weighted by Gasteiger charge is -2.31. The van der Waals surface area contributed by atoms with E-state index in [2.05, 4.69) is 16.4 Å². The second-order valence-corrected chi connectivity index (χ2v) is 17.0. The maximum absolute atomic E-state index is 15.7. The van der Waals surface area contributed by atoms with E-state index >= 15 is 8.78 Å². The Labute approximate surface area is 297 Å². The number of carbonyl (C=O) groups is 1. The Morgan fingerprint density at radius 2 is 1.86 bits per heavy atom. The Kier molecular flexibility index (Phi) is 9.84. The lowest BCUT2D eigenvalue weighted by atomic mass is 9.75. The molecule has 0 fully saturated rings. The van der Waals surface area contributed by atoms with Crippen molar-refractivity contribution < 1.29 is 26.7 Å². The molecule has 4 bridgehead atoms. The van der Waals surface area contributed by atoms with Crippen molar-refractivity contribution in [3.05, 3.63) is 94.9 Å². The number of carbonyl (C=O) groups excluding carboxylic acids is 1. The zero-order valence-corrected chi connectivity index (χ0v) is 30.8. The summed E-state index contributed by atoms with van der Waals surface area (Å²) in [7, 11) is -0.256. The molecule has 5 aromatic rings. The maximum atomic E-state index is 15.7. The van der Waals surface area contributed by atoms with E-state index in [1.54, 1.807) is 26.4 Å². The van der Waals surface area contributed by atoms with Crippen molar-refractivity contribution in [1.29, 1.82) is 0 Å². The van der Waals surface area contributed by atoms with Crippen LogP contribution < -0.4 is 10.1 Å². The maximum Gasteiger partial charge on any atom is 0.222 e. The molecular formula is C39H45F2N5O4S. The quantitative estimate of drug-likeness (QED) is 0.200. The zero-order valence-electron chi connectivity index (χ0n) is 29.9. The topological polar surface area (TPSA) is 119 Å². The summed E-state index contributed by atoms with van der Waals surface area (Å²) in [5, 5.41) is 8.20. The number of aromatic amines is 1. The third-order valence-corrected chi connectivity index (χ3v) is 12.2. The van der Waals surface area contributed by atoms with Gasteiger partial charge in [0.15, 0.2) is 33.1 Å². The van der Waals surface area contributed by atoms with E-state index < -0.39 is 32.3 Å². The number of ether oxygens (including phenoxy) is 1. The van der Waals surface area contributed by atoms with Gasteiger partial charge in [-0.3, -0.25) is 4.79 Å². The van der Waals surface area contributed by atoms with Crippen molar-refractivity contribution in [1.82, 2.24) is 25.1 Å². The molecule has 1 aliphatic heterocycles. The van der Waals surface area contributed by atoms with Crippen molar-refractivity contribution in [2.24, 2.45) is 18.4 Å². The summed E-state index contributed by atoms with van der Waals surface area (Å²) >= 11 is 0. The van der Waals surface area contributed by atoms with Crippen LogP contribution in [0.1, 0.15) is 69.5 Å². The monoisotopic (exact) mass is 717 g/mol. The van der Waals surface area contributed by atoms with Gasteiger partial charge in [0, 0.05) is 48.7 Å². The molecule has 9 nitrogen and oxygen atoms in total. The molecule has 0 spiro atoms. The van der Waals surface area contributed by atoms with E-state index in [1.807, 2.05) is 45.9 Å². The Morgan fingerprint density at radius 3 is 2.63 bits per heavy atom. The van der Waals surface area contributed by atoms with Crippen LogP contribution in [0.15, 0.2) is 60.8 Å². The number of hydrogen-bond acceptors (Lipinski definition) is 6. The van der Waals surface area contributed by atoms with Crippen LogP contribution in [0.5, 0.6) is 11.5 Å². The van der Waals surface area contributed by atoms with Crippen LogP contribution in [0.4, 0.5) is 8.78 Å². The lowest BCUT2D eigenvalue weighted by molar-refractivity contribution is -0.123. The van der Waals surface area contributed by atoms with Crippen LogP contribution in [0, 0.1) is 23.0 Å². The number of H-pyrrole nitrogens is 1. The predicted molar refractivity (Wildman–Crippen MR) is 195 cm³/mol. The summed E-state index contributed by atoms with van der Waals surface area (Å²) in [5.41, 5.74) is 1.66. The molecule has 1 unspecified atom stereocenters. The fraction of sp³-hybridized carbons (Fsp3) is 0.410. The Bertz CT molecular complexity index is 2210. The van der Waals surface area contributed by atoms with Gasteiger partial charge in [0.1, 0.15) is 11.6 Å². The van der Waals surface area contributed by atoms with E-state index in [0.717, 1.165) is 11.1 Å². The molecule has 3 heterocycles. The molecule has 12 heteroatoms. The van der Waals surface area contributed by atoms with Crippen LogP contribution >= 0.6 is 0 Å². The van der Waals surface area contributed by atoms with Crippen LogP contribution in [0.2, 0.25) is 0 Å². The molecule has 0 saturated heterocycles. The molecular weight excluding hydrogens is 673 g/mol. The minimum atomic E-state index is -3.58. The van der Waals surface area contributed by atoms with Gasteiger partial charge in [0.25, 0.3) is 0 Å². The molecule has 1 amide bonds. The fourth-order valence-electron chi connectivity index (χ4n) is 7.33. The highest BCUT2D eigenvalue weighted by molar-refractivity contribution is 7.91. The molecule has 270 valence electrons. The Hall–Kier alpha value is -4.58. The normalized spacial score (nSPS) is 19.7. The van der Waals surface area contributed by atoms with E-state index in [9.17, 15) is 13.2 Å². The highest BCUT2D eigenvalue weighted by atomic mass is 32.2. The average molecular weight is 718 g/mol. The summed E-state index contributed by atoms with van der Waals surface area (Å²) in [6.07, 6.45) is 4.08. The number of rotatable bonds is 4. The first-order valence-corrected chi connectivity index (χ1v) is 19.1. The first kappa shape index (κ1) is 36.2. The van der Waals surface area contributed by atoms with Crippen molar-refractivity contribution >= 4 is 26.6 Å². The second kappa shape index (κ2) is 13.9. The number of sulfone groups is 1. The molecule has 0 saturated carbocycles. The molecule has 1 aliphatic rings. The molecule has 2 aromatic heterocycles. The Balaban J connectivity index is 1.49. The number of aryl methyl sites for hydroxylation is 2. The molecule has 3 aromatic carbocycles. The average Bonchev–Trinajstić information content (AvgIpc) is 3.70. The van der Waals surface area contributed by atoms with Crippen molar-refractivity contribution in [3.63, 3.8) is 0 Å². The standard InChI is InChI=1S/C39H45F2N5O4S/c1-24(36(47)42-5)19-25-9-7-10-26(20-25)39(4)16-8-15-38(2,3)23-51(48,49)18-14-29-28-13-17-43-33(28)22-32(41)34(29)50-27-11-12-31(40)30(21-27)35-44-37(39)45-46(35)6/h7,9-13,17,20-22,24,43H,8,14-16,18-19,23H2,1-6H3,(H,42,47)/t24-,39?/m0/s1. The number of fused-ring (bicyclic) bond motifs is 8. The van der Waals surface area contributed by atoms with Gasteiger partial charge in [-0.1, -0.05) is 51.5 Å². The van der Waals surface area contributed by atoms with Gasteiger partial charge >= 0.3 is 0 Å². The van der Waals surface area contributed by atoms with Crippen LogP contribution in [0.25, 0.3) is 22.3 Å². The molecule has 2 N–H and O–H groups in total. The smallest absolute Gasteiger partial charge is 0.222 e. The predicted octanol–water partition coefficient (Wildman–Crippen LogP) is 7.43. The Morgan fingerprint density at radius 1 is 1.08 bits per heavy atom. The molecule has 2 atom stereocenters. The van der Waals surface area contributed by atoms with E-state index in [0.29, 0.717) is 48.0 Å². The second-order valence-electron chi connectivity index (χ2n) is 14.8. The first-order valence-electron chi connectivity index (χ1n) is 17.3. The minimum Gasteiger partial charge on any atom is -0.454 e. The van der Waals surface area contributed by atoms with Crippen LogP contribution in [0.3, 0.4) is 0 Å². The van der Waals surface area contributed by atoms with Gasteiger partial charge in [0.2, 0.25) is 5.91 Å². The minimum absolute atomic E-state index is 0.0352. The van der Waals surface area contributed by atoms with Gasteiger partial charge < -0.3 is 15.0 Å². The molecule has 0 radical (unpaired) electrons. The summed E-state index contributed by atoms with van der Waals surface area (Å²) in [6, 6.07) is 15.2. The highest BCUT2D eigenvalue weighted by Crippen LogP contribution is 2.41. The van der Waals surface area contributed by atoms with Crippen molar-refractivity contribution in [2.75, 3.05) is 18.6 Å². The van der Waals surface area contributed by atoms with E-state index in [1.165, 1.54) is 28.9 Å². The SMILES string of the molecule is CNC(=O)[C@@H](C)Cc1cccc(C2(C)CCCC(C)(C)CS(=O)(=O)CCc3c(c(F)cc4[nH]ccc34)Oc3ccc(F)c(c3)-c3nc2nn3C)c1. The number of hydrogen-bond donors (Lipinski definition) is 2.